The molecule has 0 fully saturated rings. The Bertz CT molecular complexity index is 576. The second-order valence-electron chi connectivity index (χ2n) is 4.06. The van der Waals surface area contributed by atoms with Crippen LogP contribution in [0.15, 0.2) is 18.3 Å². The monoisotopic (exact) mass is 247 g/mol. The predicted molar refractivity (Wildman–Crippen MR) is 70.9 cm³/mol. The average Bonchev–Trinajstić information content (AvgIpc) is 2.69. The van der Waals surface area contributed by atoms with Crippen LogP contribution in [0.2, 0.25) is 0 Å². The van der Waals surface area contributed by atoms with Gasteiger partial charge in [-0.2, -0.15) is 5.10 Å². The number of aromatic nitrogens is 2. The first kappa shape index (κ1) is 12.3. The maximum absolute atomic E-state index is 6.02. The van der Waals surface area contributed by atoms with E-state index < -0.39 is 0 Å². The first-order chi connectivity index (χ1) is 8.60. The van der Waals surface area contributed by atoms with Crippen LogP contribution in [0.4, 0.5) is 5.82 Å². The number of anilines is 1. The van der Waals surface area contributed by atoms with Gasteiger partial charge in [0.25, 0.3) is 0 Å². The van der Waals surface area contributed by atoms with Gasteiger partial charge in [0.2, 0.25) is 0 Å². The predicted octanol–water partition coefficient (Wildman–Crippen LogP) is 1.99. The van der Waals surface area contributed by atoms with Gasteiger partial charge in [0.15, 0.2) is 11.5 Å². The van der Waals surface area contributed by atoms with Gasteiger partial charge in [-0.15, -0.1) is 0 Å². The highest BCUT2D eigenvalue weighted by Crippen LogP contribution is 2.42. The van der Waals surface area contributed by atoms with Crippen LogP contribution >= 0.6 is 0 Å². The molecule has 1 aromatic heterocycles. The van der Waals surface area contributed by atoms with Crippen molar-refractivity contribution < 1.29 is 9.47 Å². The molecule has 2 N–H and O–H groups in total. The van der Waals surface area contributed by atoms with E-state index in [1.165, 1.54) is 0 Å². The number of hydrogen-bond donors (Lipinski definition) is 1. The highest BCUT2D eigenvalue weighted by molar-refractivity contribution is 5.83. The van der Waals surface area contributed by atoms with E-state index in [1.807, 2.05) is 19.1 Å². The second-order valence-corrected chi connectivity index (χ2v) is 4.06. The van der Waals surface area contributed by atoms with Crippen molar-refractivity contribution in [3.8, 4) is 22.6 Å². The van der Waals surface area contributed by atoms with Crippen molar-refractivity contribution in [2.24, 2.45) is 7.05 Å². The maximum atomic E-state index is 6.02. The number of nitrogens with two attached hydrogens (primary N) is 1. The molecule has 1 aromatic carbocycles. The number of rotatable bonds is 3. The summed E-state index contributed by atoms with van der Waals surface area (Å²) in [6.07, 6.45) is 1.74. The van der Waals surface area contributed by atoms with E-state index in [4.69, 9.17) is 15.2 Å². The van der Waals surface area contributed by atoms with Crippen molar-refractivity contribution in [1.82, 2.24) is 9.78 Å². The third-order valence-corrected chi connectivity index (χ3v) is 3.01. The van der Waals surface area contributed by atoms with Crippen LogP contribution in [-0.4, -0.2) is 24.0 Å². The summed E-state index contributed by atoms with van der Waals surface area (Å²) in [5, 5.41) is 4.16. The third kappa shape index (κ3) is 1.77. The Morgan fingerprint density at radius 2 is 1.94 bits per heavy atom. The van der Waals surface area contributed by atoms with Crippen LogP contribution in [0.1, 0.15) is 5.56 Å². The summed E-state index contributed by atoms with van der Waals surface area (Å²) in [5.41, 5.74) is 8.86. The van der Waals surface area contributed by atoms with Gasteiger partial charge in [0.1, 0.15) is 5.82 Å². The lowest BCUT2D eigenvalue weighted by Gasteiger charge is -2.14. The number of nitrogens with zero attached hydrogens (tertiary/aromatic N) is 2. The number of ether oxygens (including phenoxy) is 2. The van der Waals surface area contributed by atoms with Crippen molar-refractivity contribution in [2.75, 3.05) is 20.0 Å². The number of nitrogen functional groups attached to an aromatic ring is 1. The van der Waals surface area contributed by atoms with E-state index in [-0.39, 0.29) is 0 Å². The first-order valence-corrected chi connectivity index (χ1v) is 5.59. The lowest BCUT2D eigenvalue weighted by Crippen LogP contribution is -2.00. The van der Waals surface area contributed by atoms with E-state index in [0.717, 1.165) is 16.7 Å². The molecule has 0 aliphatic heterocycles. The molecule has 2 aromatic rings. The molecule has 1 heterocycles. The molecule has 0 aliphatic rings. The fourth-order valence-electron chi connectivity index (χ4n) is 2.00. The quantitative estimate of drug-likeness (QED) is 0.901. The lowest BCUT2D eigenvalue weighted by molar-refractivity contribution is 0.356. The molecule has 0 bridgehead atoms. The van der Waals surface area contributed by atoms with Crippen LogP contribution in [0, 0.1) is 6.92 Å². The molecule has 5 nitrogen and oxygen atoms in total. The number of hydrogen-bond acceptors (Lipinski definition) is 4. The van der Waals surface area contributed by atoms with Crippen LogP contribution in [-0.2, 0) is 7.05 Å². The van der Waals surface area contributed by atoms with Crippen LogP contribution in [0.3, 0.4) is 0 Å². The van der Waals surface area contributed by atoms with E-state index in [0.29, 0.717) is 17.3 Å². The highest BCUT2D eigenvalue weighted by Gasteiger charge is 2.18. The molecule has 18 heavy (non-hydrogen) atoms. The van der Waals surface area contributed by atoms with Gasteiger partial charge < -0.3 is 15.2 Å². The Labute approximate surface area is 106 Å². The second kappa shape index (κ2) is 4.60. The van der Waals surface area contributed by atoms with Gasteiger partial charge >= 0.3 is 0 Å². The molecule has 0 atom stereocenters. The molecule has 2 rings (SSSR count). The van der Waals surface area contributed by atoms with Crippen LogP contribution in [0.5, 0.6) is 11.5 Å². The summed E-state index contributed by atoms with van der Waals surface area (Å²) in [7, 11) is 5.04. The minimum Gasteiger partial charge on any atom is -0.493 e. The number of benzene rings is 1. The van der Waals surface area contributed by atoms with Gasteiger partial charge in [0.05, 0.1) is 20.4 Å². The first-order valence-electron chi connectivity index (χ1n) is 5.59. The summed E-state index contributed by atoms with van der Waals surface area (Å²) >= 11 is 0. The summed E-state index contributed by atoms with van der Waals surface area (Å²) in [4.78, 5) is 0. The number of methoxy groups -OCH3 is 2. The Hall–Kier alpha value is -2.17. The molecule has 5 heteroatoms. The lowest BCUT2D eigenvalue weighted by atomic mass is 10.0. The van der Waals surface area contributed by atoms with Gasteiger partial charge in [-0.05, 0) is 18.6 Å². The molecular weight excluding hydrogens is 230 g/mol. The Balaban J connectivity index is 2.73. The largest absolute Gasteiger partial charge is 0.493 e. The molecule has 0 saturated carbocycles. The zero-order valence-corrected chi connectivity index (χ0v) is 11.0. The van der Waals surface area contributed by atoms with Gasteiger partial charge in [0, 0.05) is 18.2 Å². The van der Waals surface area contributed by atoms with Gasteiger partial charge in [-0.25, -0.2) is 0 Å². The molecule has 0 aliphatic carbocycles. The van der Waals surface area contributed by atoms with Crippen molar-refractivity contribution >= 4 is 5.82 Å². The zero-order valence-electron chi connectivity index (χ0n) is 11.0. The molecule has 0 radical (unpaired) electrons. The van der Waals surface area contributed by atoms with Crippen LogP contribution < -0.4 is 15.2 Å². The summed E-state index contributed by atoms with van der Waals surface area (Å²) in [6, 6.07) is 3.85. The summed E-state index contributed by atoms with van der Waals surface area (Å²) in [5.74, 6) is 1.96. The zero-order chi connectivity index (χ0) is 13.3. The topological polar surface area (TPSA) is 62.3 Å². The van der Waals surface area contributed by atoms with Crippen molar-refractivity contribution in [1.29, 1.82) is 0 Å². The van der Waals surface area contributed by atoms with E-state index >= 15 is 0 Å². The highest BCUT2D eigenvalue weighted by atomic mass is 16.5. The van der Waals surface area contributed by atoms with E-state index in [9.17, 15) is 0 Å². The molecule has 96 valence electrons. The Kier molecular flexibility index (Phi) is 3.14. The summed E-state index contributed by atoms with van der Waals surface area (Å²) in [6.45, 7) is 2.00. The van der Waals surface area contributed by atoms with Gasteiger partial charge in [-0.1, -0.05) is 6.07 Å². The average molecular weight is 247 g/mol. The Morgan fingerprint density at radius 3 is 2.44 bits per heavy atom. The normalized spacial score (nSPS) is 10.4. The smallest absolute Gasteiger partial charge is 0.168 e. The Morgan fingerprint density at radius 1 is 1.22 bits per heavy atom. The molecule has 0 unspecified atom stereocenters. The molecule has 0 spiro atoms. The van der Waals surface area contributed by atoms with Crippen molar-refractivity contribution in [3.63, 3.8) is 0 Å². The fourth-order valence-corrected chi connectivity index (χ4v) is 2.00. The maximum Gasteiger partial charge on any atom is 0.168 e. The van der Waals surface area contributed by atoms with E-state index in [2.05, 4.69) is 5.10 Å². The van der Waals surface area contributed by atoms with E-state index in [1.54, 1.807) is 32.1 Å². The SMILES string of the molecule is COc1ccc(C)c(-c2cnn(C)c2N)c1OC. The third-order valence-electron chi connectivity index (χ3n) is 3.01. The molecule has 0 amide bonds. The van der Waals surface area contributed by atoms with Crippen molar-refractivity contribution in [2.45, 2.75) is 6.92 Å². The van der Waals surface area contributed by atoms with Gasteiger partial charge in [-0.3, -0.25) is 4.68 Å². The fraction of sp³-hybridized carbons (Fsp3) is 0.308. The van der Waals surface area contributed by atoms with Crippen molar-refractivity contribution in [3.05, 3.63) is 23.9 Å². The standard InChI is InChI=1S/C13H17N3O2/c1-8-5-6-10(17-3)12(18-4)11(8)9-7-15-16(2)13(9)14/h5-7H,14H2,1-4H3. The molecule has 0 saturated heterocycles. The summed E-state index contributed by atoms with van der Waals surface area (Å²) < 4.78 is 12.4. The number of aryl methyl sites for hydroxylation is 2. The minimum absolute atomic E-state index is 0.602. The minimum atomic E-state index is 0.602. The van der Waals surface area contributed by atoms with Crippen LogP contribution in [0.25, 0.3) is 11.1 Å². The molecular formula is C13H17N3O2.